The van der Waals surface area contributed by atoms with Crippen LogP contribution in [0.4, 0.5) is 0 Å². The lowest BCUT2D eigenvalue weighted by Gasteiger charge is -2.30. The zero-order chi connectivity index (χ0) is 22.1. The van der Waals surface area contributed by atoms with Gasteiger partial charge in [0.05, 0.1) is 23.8 Å². The number of amides is 1. The summed E-state index contributed by atoms with van der Waals surface area (Å²) < 4.78 is 7.62. The Bertz CT molecular complexity index is 998. The number of ether oxygens (including phenoxy) is 1. The van der Waals surface area contributed by atoms with Crippen molar-refractivity contribution in [3.63, 3.8) is 0 Å². The van der Waals surface area contributed by atoms with E-state index >= 15 is 0 Å². The Morgan fingerprint density at radius 3 is 2.65 bits per heavy atom. The molecule has 6 nitrogen and oxygen atoms in total. The average Bonchev–Trinajstić information content (AvgIpc) is 3.35. The summed E-state index contributed by atoms with van der Waals surface area (Å²) in [7, 11) is 0. The van der Waals surface area contributed by atoms with Gasteiger partial charge in [-0.2, -0.15) is 0 Å². The van der Waals surface area contributed by atoms with E-state index in [1.165, 1.54) is 28.6 Å². The second-order valence-electron chi connectivity index (χ2n) is 9.11. The van der Waals surface area contributed by atoms with E-state index in [1.54, 1.807) is 15.9 Å². The summed E-state index contributed by atoms with van der Waals surface area (Å²) in [6, 6.07) is 0.281. The minimum absolute atomic E-state index is 0.0411. The van der Waals surface area contributed by atoms with E-state index in [-0.39, 0.29) is 35.4 Å². The Kier molecular flexibility index (Phi) is 7.08. The van der Waals surface area contributed by atoms with Gasteiger partial charge in [-0.3, -0.25) is 14.2 Å². The number of fused-ring (bicyclic) bond motifs is 3. The first-order valence-corrected chi connectivity index (χ1v) is 13.3. The maximum Gasteiger partial charge on any atom is 0.263 e. The van der Waals surface area contributed by atoms with E-state index in [0.29, 0.717) is 11.7 Å². The highest BCUT2D eigenvalue weighted by Crippen LogP contribution is 2.35. The number of hydrogen-bond donors (Lipinski definition) is 0. The number of carbonyl (C=O) groups is 1. The van der Waals surface area contributed by atoms with Gasteiger partial charge < -0.3 is 9.64 Å². The average molecular weight is 464 g/mol. The van der Waals surface area contributed by atoms with Crippen molar-refractivity contribution in [2.24, 2.45) is 0 Å². The molecule has 0 N–H and O–H groups in total. The summed E-state index contributed by atoms with van der Waals surface area (Å²) in [4.78, 5) is 35.5. The summed E-state index contributed by atoms with van der Waals surface area (Å²) in [5.74, 6) is 0.365. The van der Waals surface area contributed by atoms with Gasteiger partial charge in [0.15, 0.2) is 5.16 Å². The molecule has 0 aromatic carbocycles. The molecule has 2 aromatic heterocycles. The van der Waals surface area contributed by atoms with Gasteiger partial charge in [-0.05, 0) is 71.8 Å². The Morgan fingerprint density at radius 1 is 1.23 bits per heavy atom. The molecule has 0 unspecified atom stereocenters. The van der Waals surface area contributed by atoms with Crippen molar-refractivity contribution in [3.8, 4) is 0 Å². The van der Waals surface area contributed by atoms with Crippen molar-refractivity contribution in [2.45, 2.75) is 96.1 Å². The molecule has 0 saturated carbocycles. The number of aromatic nitrogens is 2. The van der Waals surface area contributed by atoms with Crippen molar-refractivity contribution >= 4 is 39.2 Å². The van der Waals surface area contributed by atoms with Crippen molar-refractivity contribution in [2.75, 3.05) is 12.4 Å². The Balaban J connectivity index is 1.69. The quantitative estimate of drug-likeness (QED) is 0.454. The molecule has 2 aliphatic rings. The molecule has 2 aromatic rings. The van der Waals surface area contributed by atoms with Crippen molar-refractivity contribution in [1.29, 1.82) is 0 Å². The summed E-state index contributed by atoms with van der Waals surface area (Å²) in [6.45, 7) is 9.42. The van der Waals surface area contributed by atoms with Crippen LogP contribution < -0.4 is 5.56 Å². The molecule has 1 saturated heterocycles. The highest BCUT2D eigenvalue weighted by Gasteiger charge is 2.26. The molecule has 8 heteroatoms. The molecule has 0 spiro atoms. The smallest absolute Gasteiger partial charge is 0.263 e. The van der Waals surface area contributed by atoms with Gasteiger partial charge >= 0.3 is 0 Å². The number of rotatable bonds is 7. The monoisotopic (exact) mass is 463 g/mol. The maximum atomic E-state index is 13.6. The van der Waals surface area contributed by atoms with Crippen molar-refractivity contribution in [3.05, 3.63) is 20.8 Å². The topological polar surface area (TPSA) is 64.4 Å². The number of aryl methyl sites for hydroxylation is 2. The van der Waals surface area contributed by atoms with E-state index in [4.69, 9.17) is 9.72 Å². The highest BCUT2D eigenvalue weighted by molar-refractivity contribution is 7.99. The standard InChI is InChI=1S/C23H33N3O3S2/c1-14(2)26(15(3)4)19(27)13-30-23-24-21-20(17-9-5-6-10-18(17)31-21)22(28)25(23)12-16-8-7-11-29-16/h14-16H,5-13H2,1-4H3/t16-/m1/s1. The Labute approximate surface area is 192 Å². The van der Waals surface area contributed by atoms with Gasteiger partial charge in [-0.1, -0.05) is 11.8 Å². The number of hydrogen-bond acceptors (Lipinski definition) is 6. The molecule has 0 bridgehead atoms. The fraction of sp³-hybridized carbons (Fsp3) is 0.696. The van der Waals surface area contributed by atoms with E-state index in [1.807, 2.05) is 32.6 Å². The number of thioether (sulfide) groups is 1. The van der Waals surface area contributed by atoms with E-state index in [9.17, 15) is 9.59 Å². The van der Waals surface area contributed by atoms with Crippen LogP contribution in [0.5, 0.6) is 0 Å². The fourth-order valence-corrected chi connectivity index (χ4v) is 7.04. The second-order valence-corrected chi connectivity index (χ2v) is 11.1. The Morgan fingerprint density at radius 2 is 1.97 bits per heavy atom. The molecule has 1 aliphatic heterocycles. The van der Waals surface area contributed by atoms with E-state index in [0.717, 1.165) is 48.9 Å². The normalized spacial score (nSPS) is 18.8. The maximum absolute atomic E-state index is 13.6. The summed E-state index contributed by atoms with van der Waals surface area (Å²) in [6.07, 6.45) is 6.36. The van der Waals surface area contributed by atoms with Crippen LogP contribution in [0.3, 0.4) is 0 Å². The van der Waals surface area contributed by atoms with Gasteiger partial charge in [0.25, 0.3) is 5.56 Å². The largest absolute Gasteiger partial charge is 0.376 e. The summed E-state index contributed by atoms with van der Waals surface area (Å²) >= 11 is 3.05. The van der Waals surface area contributed by atoms with E-state index in [2.05, 4.69) is 0 Å². The zero-order valence-corrected chi connectivity index (χ0v) is 20.6. The lowest BCUT2D eigenvalue weighted by molar-refractivity contribution is -0.131. The number of nitrogens with zero attached hydrogens (tertiary/aromatic N) is 3. The number of carbonyl (C=O) groups excluding carboxylic acids is 1. The van der Waals surface area contributed by atoms with Gasteiger partial charge in [-0.25, -0.2) is 4.98 Å². The second kappa shape index (κ2) is 9.63. The number of thiophene rings is 1. The lowest BCUT2D eigenvalue weighted by Crippen LogP contribution is -2.43. The molecule has 31 heavy (non-hydrogen) atoms. The molecule has 0 radical (unpaired) electrons. The molecular weight excluding hydrogens is 430 g/mol. The first-order valence-electron chi connectivity index (χ1n) is 11.5. The van der Waals surface area contributed by atoms with Gasteiger partial charge in [0.2, 0.25) is 5.91 Å². The van der Waals surface area contributed by atoms with Crippen LogP contribution in [0.1, 0.15) is 63.8 Å². The highest BCUT2D eigenvalue weighted by atomic mass is 32.2. The first kappa shape index (κ1) is 22.8. The van der Waals surface area contributed by atoms with Crippen LogP contribution in [-0.2, 0) is 28.9 Å². The molecule has 1 atom stereocenters. The fourth-order valence-electron chi connectivity index (χ4n) is 4.86. The van der Waals surface area contributed by atoms with Crippen LogP contribution in [0, 0.1) is 0 Å². The predicted molar refractivity (Wildman–Crippen MR) is 127 cm³/mol. The van der Waals surface area contributed by atoms with Crippen LogP contribution in [0.15, 0.2) is 9.95 Å². The third-order valence-electron chi connectivity index (χ3n) is 6.18. The van der Waals surface area contributed by atoms with Crippen molar-refractivity contribution in [1.82, 2.24) is 14.5 Å². The van der Waals surface area contributed by atoms with Crippen LogP contribution >= 0.6 is 23.1 Å². The Hall–Kier alpha value is -1.38. The summed E-state index contributed by atoms with van der Waals surface area (Å²) in [5.41, 5.74) is 1.25. The minimum atomic E-state index is 0.0411. The van der Waals surface area contributed by atoms with Crippen LogP contribution in [-0.4, -0.2) is 50.9 Å². The molecule has 4 rings (SSSR count). The van der Waals surface area contributed by atoms with Crippen LogP contribution in [0.25, 0.3) is 10.2 Å². The molecule has 1 amide bonds. The van der Waals surface area contributed by atoms with E-state index < -0.39 is 0 Å². The molecule has 1 aliphatic carbocycles. The van der Waals surface area contributed by atoms with Gasteiger partial charge in [-0.15, -0.1) is 11.3 Å². The SMILES string of the molecule is CC(C)N(C(=O)CSc1nc2sc3c(c2c(=O)n1C[C@H]1CCCO1)CCCC3)C(C)C. The van der Waals surface area contributed by atoms with Gasteiger partial charge in [0, 0.05) is 23.6 Å². The first-order chi connectivity index (χ1) is 14.9. The van der Waals surface area contributed by atoms with Crippen LogP contribution in [0.2, 0.25) is 0 Å². The molecular formula is C23H33N3O3S2. The third-order valence-corrected chi connectivity index (χ3v) is 8.32. The van der Waals surface area contributed by atoms with Crippen molar-refractivity contribution < 1.29 is 9.53 Å². The lowest BCUT2D eigenvalue weighted by atomic mass is 9.97. The summed E-state index contributed by atoms with van der Waals surface area (Å²) in [5, 5.41) is 1.45. The molecule has 1 fully saturated rings. The van der Waals surface area contributed by atoms with Gasteiger partial charge in [0.1, 0.15) is 4.83 Å². The molecule has 3 heterocycles. The minimum Gasteiger partial charge on any atom is -0.376 e. The zero-order valence-electron chi connectivity index (χ0n) is 19.0. The third kappa shape index (κ3) is 4.71. The molecule has 170 valence electrons. The predicted octanol–water partition coefficient (Wildman–Crippen LogP) is 4.25.